The van der Waals surface area contributed by atoms with E-state index in [1.165, 1.54) is 11.0 Å². The standard InChI is InChI=1S/C12H14INO4S/c1-14(9-4-5-19(17,18)7-9)12(16)10-6-8(13)2-3-11(10)15/h2-3,6,9,15H,4-5,7H2,1H3. The second-order valence-corrected chi connectivity index (χ2v) is 8.11. The highest BCUT2D eigenvalue weighted by molar-refractivity contribution is 14.1. The lowest BCUT2D eigenvalue weighted by atomic mass is 10.1. The molecule has 0 aromatic heterocycles. The first-order valence-electron chi connectivity index (χ1n) is 5.76. The van der Waals surface area contributed by atoms with Crippen molar-refractivity contribution in [1.82, 2.24) is 4.90 Å². The van der Waals surface area contributed by atoms with Gasteiger partial charge in [0, 0.05) is 16.7 Å². The van der Waals surface area contributed by atoms with Crippen molar-refractivity contribution in [3.8, 4) is 5.75 Å². The van der Waals surface area contributed by atoms with Crippen molar-refractivity contribution in [3.05, 3.63) is 27.3 Å². The fourth-order valence-corrected chi connectivity index (χ4v) is 4.38. The maximum absolute atomic E-state index is 12.3. The molecule has 104 valence electrons. The molecule has 0 saturated carbocycles. The first-order valence-corrected chi connectivity index (χ1v) is 8.66. The van der Waals surface area contributed by atoms with Crippen molar-refractivity contribution in [2.24, 2.45) is 0 Å². The van der Waals surface area contributed by atoms with Crippen LogP contribution in [0, 0.1) is 3.57 Å². The molecule has 1 unspecified atom stereocenters. The number of carbonyl (C=O) groups is 1. The van der Waals surface area contributed by atoms with E-state index in [0.717, 1.165) is 3.57 Å². The monoisotopic (exact) mass is 395 g/mol. The number of halogens is 1. The fraction of sp³-hybridized carbons (Fsp3) is 0.417. The number of phenols is 1. The van der Waals surface area contributed by atoms with Crippen LogP contribution in [-0.4, -0.2) is 48.9 Å². The van der Waals surface area contributed by atoms with Crippen LogP contribution in [0.1, 0.15) is 16.8 Å². The van der Waals surface area contributed by atoms with Crippen molar-refractivity contribution in [2.45, 2.75) is 12.5 Å². The van der Waals surface area contributed by atoms with E-state index in [4.69, 9.17) is 0 Å². The molecule has 1 atom stereocenters. The molecule has 1 N–H and O–H groups in total. The minimum atomic E-state index is -3.03. The number of carbonyl (C=O) groups excluding carboxylic acids is 1. The predicted molar refractivity (Wildman–Crippen MR) is 80.0 cm³/mol. The van der Waals surface area contributed by atoms with Crippen molar-refractivity contribution >= 4 is 38.3 Å². The first kappa shape index (κ1) is 14.6. The Labute approximate surface area is 125 Å². The number of nitrogens with zero attached hydrogens (tertiary/aromatic N) is 1. The van der Waals surface area contributed by atoms with Crippen LogP contribution < -0.4 is 0 Å². The third-order valence-corrected chi connectivity index (χ3v) is 5.69. The molecule has 19 heavy (non-hydrogen) atoms. The van der Waals surface area contributed by atoms with Gasteiger partial charge in [-0.2, -0.15) is 0 Å². The van der Waals surface area contributed by atoms with Gasteiger partial charge in [-0.15, -0.1) is 0 Å². The molecule has 5 nitrogen and oxygen atoms in total. The summed E-state index contributed by atoms with van der Waals surface area (Å²) in [5.41, 5.74) is 0.207. The zero-order valence-corrected chi connectivity index (χ0v) is 13.3. The summed E-state index contributed by atoms with van der Waals surface area (Å²) < 4.78 is 23.7. The minimum absolute atomic E-state index is 0.0000718. The van der Waals surface area contributed by atoms with Crippen LogP contribution >= 0.6 is 22.6 Å². The highest BCUT2D eigenvalue weighted by atomic mass is 127. The fourth-order valence-electron chi connectivity index (χ4n) is 2.12. The second-order valence-electron chi connectivity index (χ2n) is 4.63. The maximum Gasteiger partial charge on any atom is 0.257 e. The van der Waals surface area contributed by atoms with E-state index >= 15 is 0 Å². The SMILES string of the molecule is CN(C(=O)c1cc(I)ccc1O)C1CCS(=O)(=O)C1. The van der Waals surface area contributed by atoms with E-state index in [1.807, 2.05) is 0 Å². The molecule has 0 radical (unpaired) electrons. The normalized spacial score (nSPS) is 21.3. The Bertz CT molecular complexity index is 614. The molecular formula is C12H14INO4S. The number of amides is 1. The number of hydrogen-bond donors (Lipinski definition) is 1. The molecule has 1 amide bonds. The molecule has 2 rings (SSSR count). The highest BCUT2D eigenvalue weighted by Gasteiger charge is 2.33. The Hall–Kier alpha value is -0.830. The zero-order chi connectivity index (χ0) is 14.2. The van der Waals surface area contributed by atoms with E-state index in [2.05, 4.69) is 22.6 Å². The van der Waals surface area contributed by atoms with Gasteiger partial charge in [0.05, 0.1) is 17.1 Å². The average molecular weight is 395 g/mol. The summed E-state index contributed by atoms with van der Waals surface area (Å²) >= 11 is 2.05. The van der Waals surface area contributed by atoms with Crippen LogP contribution in [0.2, 0.25) is 0 Å². The van der Waals surface area contributed by atoms with Crippen LogP contribution in [0.3, 0.4) is 0 Å². The summed E-state index contributed by atoms with van der Waals surface area (Å²) in [7, 11) is -1.46. The van der Waals surface area contributed by atoms with Crippen LogP contribution in [0.5, 0.6) is 5.75 Å². The van der Waals surface area contributed by atoms with E-state index < -0.39 is 9.84 Å². The summed E-state index contributed by atoms with van der Waals surface area (Å²) in [6, 6.07) is 4.45. The molecule has 1 aromatic rings. The molecule has 1 heterocycles. The third-order valence-electron chi connectivity index (χ3n) is 3.27. The van der Waals surface area contributed by atoms with Crippen molar-refractivity contribution < 1.29 is 18.3 Å². The maximum atomic E-state index is 12.3. The zero-order valence-electron chi connectivity index (χ0n) is 10.3. The Morgan fingerprint density at radius 2 is 2.16 bits per heavy atom. The molecule has 1 aromatic carbocycles. The highest BCUT2D eigenvalue weighted by Crippen LogP contribution is 2.24. The van der Waals surface area contributed by atoms with Gasteiger partial charge in [-0.1, -0.05) is 0 Å². The number of rotatable bonds is 2. The lowest BCUT2D eigenvalue weighted by Crippen LogP contribution is -2.37. The smallest absolute Gasteiger partial charge is 0.257 e. The number of phenolic OH excluding ortho intramolecular Hbond substituents is 1. The average Bonchev–Trinajstić information content (AvgIpc) is 2.71. The summed E-state index contributed by atoms with van der Waals surface area (Å²) in [6.07, 6.45) is 0.454. The van der Waals surface area contributed by atoms with Crippen LogP contribution in [0.4, 0.5) is 0 Å². The van der Waals surface area contributed by atoms with E-state index in [0.29, 0.717) is 6.42 Å². The van der Waals surface area contributed by atoms with Gasteiger partial charge in [-0.05, 0) is 47.2 Å². The Balaban J connectivity index is 2.22. The van der Waals surface area contributed by atoms with Crippen molar-refractivity contribution in [2.75, 3.05) is 18.6 Å². The third kappa shape index (κ3) is 3.19. The lowest BCUT2D eigenvalue weighted by molar-refractivity contribution is 0.0744. The molecule has 0 aliphatic carbocycles. The second kappa shape index (κ2) is 5.28. The molecule has 7 heteroatoms. The number of aromatic hydroxyl groups is 1. The number of benzene rings is 1. The van der Waals surface area contributed by atoms with E-state index in [1.54, 1.807) is 19.2 Å². The first-order chi connectivity index (χ1) is 8.80. The largest absolute Gasteiger partial charge is 0.507 e. The molecule has 1 aliphatic heterocycles. The number of hydrogen-bond acceptors (Lipinski definition) is 4. The quantitative estimate of drug-likeness (QED) is 0.766. The van der Waals surface area contributed by atoms with Gasteiger partial charge >= 0.3 is 0 Å². The Morgan fingerprint density at radius 3 is 2.74 bits per heavy atom. The van der Waals surface area contributed by atoms with Gasteiger partial charge in [-0.3, -0.25) is 4.79 Å². The summed E-state index contributed by atoms with van der Waals surface area (Å²) in [5.74, 6) is -0.315. The molecule has 1 aliphatic rings. The Morgan fingerprint density at radius 1 is 1.47 bits per heavy atom. The topological polar surface area (TPSA) is 74.7 Å². The van der Waals surface area contributed by atoms with Crippen LogP contribution in [0.15, 0.2) is 18.2 Å². The van der Waals surface area contributed by atoms with E-state index in [9.17, 15) is 18.3 Å². The molecule has 1 fully saturated rings. The summed E-state index contributed by atoms with van der Waals surface area (Å²) in [5, 5.41) is 9.73. The molecule has 1 saturated heterocycles. The van der Waals surface area contributed by atoms with Gasteiger partial charge in [0.1, 0.15) is 5.75 Å². The predicted octanol–water partition coefficient (Wildman–Crippen LogP) is 1.26. The van der Waals surface area contributed by atoms with Crippen molar-refractivity contribution in [3.63, 3.8) is 0 Å². The van der Waals surface area contributed by atoms with Gasteiger partial charge in [0.15, 0.2) is 9.84 Å². The van der Waals surface area contributed by atoms with Gasteiger partial charge in [-0.25, -0.2) is 8.42 Å². The van der Waals surface area contributed by atoms with Crippen LogP contribution in [-0.2, 0) is 9.84 Å². The van der Waals surface area contributed by atoms with Crippen molar-refractivity contribution in [1.29, 1.82) is 0 Å². The number of sulfone groups is 1. The summed E-state index contributed by atoms with van der Waals surface area (Å²) in [4.78, 5) is 13.7. The molecule has 0 bridgehead atoms. The Kier molecular flexibility index (Phi) is 4.05. The van der Waals surface area contributed by atoms with E-state index in [-0.39, 0.29) is 34.8 Å². The van der Waals surface area contributed by atoms with Gasteiger partial charge in [0.25, 0.3) is 5.91 Å². The van der Waals surface area contributed by atoms with Crippen LogP contribution in [0.25, 0.3) is 0 Å². The molecule has 0 spiro atoms. The van der Waals surface area contributed by atoms with Gasteiger partial charge in [0.2, 0.25) is 0 Å². The summed E-state index contributed by atoms with van der Waals surface area (Å²) in [6.45, 7) is 0. The van der Waals surface area contributed by atoms with Gasteiger partial charge < -0.3 is 10.0 Å². The molecular weight excluding hydrogens is 381 g/mol. The minimum Gasteiger partial charge on any atom is -0.507 e. The lowest BCUT2D eigenvalue weighted by Gasteiger charge is -2.23.